The van der Waals surface area contributed by atoms with Crippen LogP contribution in [-0.2, 0) is 0 Å². The van der Waals surface area contributed by atoms with Crippen molar-refractivity contribution in [3.8, 4) is 17.2 Å². The van der Waals surface area contributed by atoms with Gasteiger partial charge in [-0.1, -0.05) is 11.6 Å². The van der Waals surface area contributed by atoms with Crippen LogP contribution in [-0.4, -0.2) is 31.4 Å². The highest BCUT2D eigenvalue weighted by molar-refractivity contribution is 6.31. The lowest BCUT2D eigenvalue weighted by atomic mass is 10.2. The van der Waals surface area contributed by atoms with Crippen LogP contribution >= 0.6 is 11.6 Å². The van der Waals surface area contributed by atoms with Crippen LogP contribution in [0.15, 0.2) is 41.5 Å². The summed E-state index contributed by atoms with van der Waals surface area (Å²) in [6.45, 7) is 0. The molecule has 0 aliphatic rings. The van der Waals surface area contributed by atoms with Crippen molar-refractivity contribution in [2.24, 2.45) is 5.10 Å². The molecule has 0 atom stereocenters. The molecule has 2 N–H and O–H groups in total. The van der Waals surface area contributed by atoms with E-state index < -0.39 is 5.91 Å². The fourth-order valence-corrected chi connectivity index (χ4v) is 2.02. The minimum atomic E-state index is -0.568. The van der Waals surface area contributed by atoms with Crippen molar-refractivity contribution in [3.05, 3.63) is 52.5 Å². The molecule has 0 aromatic heterocycles. The van der Waals surface area contributed by atoms with Crippen LogP contribution < -0.4 is 14.9 Å². The molecule has 0 spiro atoms. The predicted molar refractivity (Wildman–Crippen MR) is 87.7 cm³/mol. The molecule has 0 saturated carbocycles. The first-order chi connectivity index (χ1) is 11.0. The van der Waals surface area contributed by atoms with Gasteiger partial charge in [0.25, 0.3) is 5.91 Å². The smallest absolute Gasteiger partial charge is 0.275 e. The molecule has 0 aliphatic carbocycles. The van der Waals surface area contributed by atoms with E-state index in [-0.39, 0.29) is 11.3 Å². The average molecular weight is 335 g/mol. The number of nitrogens with one attached hydrogen (secondary N) is 1. The molecule has 0 saturated heterocycles. The number of hydrazone groups is 1. The SMILES string of the molecule is COc1ccc(C=NNC(=O)c2cc(Cl)ccc2O)cc1OC. The highest BCUT2D eigenvalue weighted by Crippen LogP contribution is 2.26. The number of carbonyl (C=O) groups is 1. The first-order valence-electron chi connectivity index (χ1n) is 6.59. The summed E-state index contributed by atoms with van der Waals surface area (Å²) in [5, 5.41) is 13.8. The van der Waals surface area contributed by atoms with Gasteiger partial charge in [0.1, 0.15) is 5.75 Å². The fraction of sp³-hybridized carbons (Fsp3) is 0.125. The molecular weight excluding hydrogens is 320 g/mol. The van der Waals surface area contributed by atoms with Crippen molar-refractivity contribution < 1.29 is 19.4 Å². The minimum absolute atomic E-state index is 0.0435. The summed E-state index contributed by atoms with van der Waals surface area (Å²) in [4.78, 5) is 11.9. The van der Waals surface area contributed by atoms with Crippen molar-refractivity contribution >= 4 is 23.7 Å². The molecule has 0 radical (unpaired) electrons. The van der Waals surface area contributed by atoms with Crippen molar-refractivity contribution in [3.63, 3.8) is 0 Å². The Morgan fingerprint density at radius 3 is 2.61 bits per heavy atom. The molecule has 0 heterocycles. The third-order valence-corrected chi connectivity index (χ3v) is 3.23. The van der Waals surface area contributed by atoms with Crippen LogP contribution in [0.1, 0.15) is 15.9 Å². The van der Waals surface area contributed by atoms with Gasteiger partial charge in [-0.3, -0.25) is 4.79 Å². The number of carbonyl (C=O) groups excluding carboxylic acids is 1. The number of phenolic OH excluding ortho intramolecular Hbond substituents is 1. The van der Waals surface area contributed by atoms with E-state index in [9.17, 15) is 9.90 Å². The summed E-state index contributed by atoms with van der Waals surface area (Å²) in [6, 6.07) is 9.39. The lowest BCUT2D eigenvalue weighted by Gasteiger charge is -2.07. The fourth-order valence-electron chi connectivity index (χ4n) is 1.85. The molecule has 0 unspecified atom stereocenters. The van der Waals surface area contributed by atoms with Crippen LogP contribution in [0, 0.1) is 0 Å². The summed E-state index contributed by atoms with van der Waals surface area (Å²) in [5.41, 5.74) is 3.07. The Labute approximate surface area is 138 Å². The van der Waals surface area contributed by atoms with Crippen LogP contribution in [0.4, 0.5) is 0 Å². The number of benzene rings is 2. The van der Waals surface area contributed by atoms with E-state index >= 15 is 0 Å². The van der Waals surface area contributed by atoms with Gasteiger partial charge in [0.15, 0.2) is 11.5 Å². The molecule has 0 fully saturated rings. The summed E-state index contributed by atoms with van der Waals surface area (Å²) in [6.07, 6.45) is 1.45. The van der Waals surface area contributed by atoms with Crippen molar-refractivity contribution in [1.82, 2.24) is 5.43 Å². The maximum absolute atomic E-state index is 11.9. The molecule has 7 heteroatoms. The van der Waals surface area contributed by atoms with Crippen molar-refractivity contribution in [2.75, 3.05) is 14.2 Å². The zero-order chi connectivity index (χ0) is 16.8. The molecule has 2 aromatic rings. The molecule has 1 amide bonds. The molecule has 2 aromatic carbocycles. The Morgan fingerprint density at radius 1 is 1.17 bits per heavy atom. The number of hydrogen-bond donors (Lipinski definition) is 2. The molecule has 120 valence electrons. The maximum Gasteiger partial charge on any atom is 0.275 e. The second kappa shape index (κ2) is 7.51. The zero-order valence-corrected chi connectivity index (χ0v) is 13.3. The Morgan fingerprint density at radius 2 is 1.91 bits per heavy atom. The number of halogens is 1. The number of amides is 1. The number of hydrogen-bond acceptors (Lipinski definition) is 5. The van der Waals surface area contributed by atoms with E-state index in [4.69, 9.17) is 21.1 Å². The van der Waals surface area contributed by atoms with E-state index in [0.29, 0.717) is 22.1 Å². The summed E-state index contributed by atoms with van der Waals surface area (Å²) in [5.74, 6) is 0.405. The van der Waals surface area contributed by atoms with Crippen LogP contribution in [0.5, 0.6) is 17.2 Å². The molecule has 0 aliphatic heterocycles. The second-order valence-electron chi connectivity index (χ2n) is 4.48. The van der Waals surface area contributed by atoms with Crippen LogP contribution in [0.3, 0.4) is 0 Å². The van der Waals surface area contributed by atoms with Gasteiger partial charge < -0.3 is 14.6 Å². The normalized spacial score (nSPS) is 10.6. The van der Waals surface area contributed by atoms with Gasteiger partial charge in [-0.2, -0.15) is 5.10 Å². The zero-order valence-electron chi connectivity index (χ0n) is 12.5. The van der Waals surface area contributed by atoms with Gasteiger partial charge in [-0.05, 0) is 42.0 Å². The summed E-state index contributed by atoms with van der Waals surface area (Å²) in [7, 11) is 3.08. The number of phenols is 1. The topological polar surface area (TPSA) is 80.2 Å². The third kappa shape index (κ3) is 4.14. The first kappa shape index (κ1) is 16.6. The van der Waals surface area contributed by atoms with Crippen molar-refractivity contribution in [2.45, 2.75) is 0 Å². The summed E-state index contributed by atoms with van der Waals surface area (Å²) >= 11 is 5.80. The molecule has 0 bridgehead atoms. The number of rotatable bonds is 5. The predicted octanol–water partition coefficient (Wildman–Crippen LogP) is 2.83. The Hall–Kier alpha value is -2.73. The van der Waals surface area contributed by atoms with Gasteiger partial charge in [0.2, 0.25) is 0 Å². The Kier molecular flexibility index (Phi) is 5.43. The van der Waals surface area contributed by atoms with Gasteiger partial charge in [0.05, 0.1) is 26.0 Å². The number of nitrogens with zero attached hydrogens (tertiary/aromatic N) is 1. The van der Waals surface area contributed by atoms with E-state index in [1.807, 2.05) is 0 Å². The highest BCUT2D eigenvalue weighted by Gasteiger charge is 2.10. The monoisotopic (exact) mass is 334 g/mol. The summed E-state index contributed by atoms with van der Waals surface area (Å²) < 4.78 is 10.3. The lowest BCUT2D eigenvalue weighted by molar-refractivity contribution is 0.0952. The molecular formula is C16H15ClN2O4. The standard InChI is InChI=1S/C16H15ClN2O4/c1-22-14-6-3-10(7-15(14)23-2)9-18-19-16(21)12-8-11(17)4-5-13(12)20/h3-9,20H,1-2H3,(H,19,21). The maximum atomic E-state index is 11.9. The minimum Gasteiger partial charge on any atom is -0.507 e. The van der Waals surface area contributed by atoms with E-state index in [2.05, 4.69) is 10.5 Å². The Balaban J connectivity index is 2.09. The number of aromatic hydroxyl groups is 1. The number of methoxy groups -OCH3 is 2. The van der Waals surface area contributed by atoms with Crippen molar-refractivity contribution in [1.29, 1.82) is 0 Å². The largest absolute Gasteiger partial charge is 0.507 e. The number of ether oxygens (including phenoxy) is 2. The van der Waals surface area contributed by atoms with Crippen LogP contribution in [0.2, 0.25) is 5.02 Å². The van der Waals surface area contributed by atoms with E-state index in [0.717, 1.165) is 0 Å². The second-order valence-corrected chi connectivity index (χ2v) is 4.91. The highest BCUT2D eigenvalue weighted by atomic mass is 35.5. The van der Waals surface area contributed by atoms with Gasteiger partial charge in [-0.15, -0.1) is 0 Å². The van der Waals surface area contributed by atoms with Gasteiger partial charge in [-0.25, -0.2) is 5.43 Å². The van der Waals surface area contributed by atoms with Gasteiger partial charge in [0, 0.05) is 5.02 Å². The Bertz CT molecular complexity index is 747. The van der Waals surface area contributed by atoms with Gasteiger partial charge >= 0.3 is 0 Å². The van der Waals surface area contributed by atoms with E-state index in [1.54, 1.807) is 25.3 Å². The molecule has 6 nitrogen and oxygen atoms in total. The first-order valence-corrected chi connectivity index (χ1v) is 6.97. The average Bonchev–Trinajstić information content (AvgIpc) is 2.56. The third-order valence-electron chi connectivity index (χ3n) is 2.99. The molecule has 2 rings (SSSR count). The quantitative estimate of drug-likeness (QED) is 0.651. The van der Waals surface area contributed by atoms with E-state index in [1.165, 1.54) is 31.5 Å². The lowest BCUT2D eigenvalue weighted by Crippen LogP contribution is -2.17. The molecule has 23 heavy (non-hydrogen) atoms. The van der Waals surface area contributed by atoms with Crippen LogP contribution in [0.25, 0.3) is 0 Å².